The Labute approximate surface area is 146 Å². The maximum absolute atomic E-state index is 13.4. The Morgan fingerprint density at radius 3 is 2.72 bits per heavy atom. The van der Waals surface area contributed by atoms with Crippen molar-refractivity contribution in [3.05, 3.63) is 72.1 Å². The number of aliphatic imine (C=N–C) groups is 1. The molecule has 5 nitrogen and oxygen atoms in total. The maximum Gasteiger partial charge on any atom is 0.191 e. The molecule has 0 aromatic heterocycles. The summed E-state index contributed by atoms with van der Waals surface area (Å²) in [6.45, 7) is 4.99. The van der Waals surface area contributed by atoms with Crippen LogP contribution in [0.4, 0.5) is 4.39 Å². The summed E-state index contributed by atoms with van der Waals surface area (Å²) in [7, 11) is 1.66. The first kappa shape index (κ1) is 18.3. The van der Waals surface area contributed by atoms with Gasteiger partial charge in [-0.15, -0.1) is 0 Å². The molecule has 2 aromatic carbocycles. The lowest BCUT2D eigenvalue weighted by molar-refractivity contribution is 0.358. The van der Waals surface area contributed by atoms with Gasteiger partial charge in [-0.1, -0.05) is 36.9 Å². The number of nitrogens with zero attached hydrogens (tertiary/aromatic N) is 1. The summed E-state index contributed by atoms with van der Waals surface area (Å²) in [4.78, 5) is 4.14. The first-order valence-corrected chi connectivity index (χ1v) is 7.87. The Kier molecular flexibility index (Phi) is 6.83. The van der Waals surface area contributed by atoms with Crippen LogP contribution in [0.2, 0.25) is 0 Å². The predicted octanol–water partition coefficient (Wildman–Crippen LogP) is 2.96. The van der Waals surface area contributed by atoms with E-state index < -0.39 is 5.82 Å². The zero-order chi connectivity index (χ0) is 18.1. The van der Waals surface area contributed by atoms with Crippen LogP contribution in [0, 0.1) is 5.82 Å². The second-order valence-corrected chi connectivity index (χ2v) is 5.27. The smallest absolute Gasteiger partial charge is 0.191 e. The van der Waals surface area contributed by atoms with Crippen LogP contribution in [0.25, 0.3) is 0 Å². The van der Waals surface area contributed by atoms with Crippen molar-refractivity contribution in [2.24, 2.45) is 4.99 Å². The van der Waals surface area contributed by atoms with E-state index in [1.807, 2.05) is 24.3 Å². The minimum atomic E-state index is -0.643. The van der Waals surface area contributed by atoms with Gasteiger partial charge in [-0.25, -0.2) is 4.39 Å². The predicted molar refractivity (Wildman–Crippen MR) is 97.2 cm³/mol. The van der Waals surface area contributed by atoms with Gasteiger partial charge in [0.05, 0.1) is 0 Å². The van der Waals surface area contributed by atoms with Gasteiger partial charge in [0, 0.05) is 25.7 Å². The molecule has 0 bridgehead atoms. The highest BCUT2D eigenvalue weighted by Crippen LogP contribution is 2.18. The minimum Gasteiger partial charge on any atom is -0.505 e. The van der Waals surface area contributed by atoms with Crippen molar-refractivity contribution in [3.8, 4) is 11.5 Å². The Balaban J connectivity index is 1.92. The lowest BCUT2D eigenvalue weighted by Crippen LogP contribution is -2.36. The lowest BCUT2D eigenvalue weighted by Gasteiger charge is -2.14. The Bertz CT molecular complexity index is 747. The molecule has 0 spiro atoms. The van der Waals surface area contributed by atoms with Crippen molar-refractivity contribution in [1.82, 2.24) is 10.6 Å². The third kappa shape index (κ3) is 5.53. The first-order valence-electron chi connectivity index (χ1n) is 7.87. The second-order valence-electron chi connectivity index (χ2n) is 5.27. The van der Waals surface area contributed by atoms with Crippen LogP contribution in [0.5, 0.6) is 11.5 Å². The SMILES string of the molecule is C=CCOc1ccccc1CNC(=NC)NCc1ccc(O)c(F)c1. The molecule has 3 N–H and O–H groups in total. The van der Waals surface area contributed by atoms with Crippen LogP contribution in [0.15, 0.2) is 60.1 Å². The summed E-state index contributed by atoms with van der Waals surface area (Å²) >= 11 is 0. The zero-order valence-electron chi connectivity index (χ0n) is 14.1. The maximum atomic E-state index is 13.4. The van der Waals surface area contributed by atoms with Crippen LogP contribution in [0.1, 0.15) is 11.1 Å². The fourth-order valence-electron chi connectivity index (χ4n) is 2.19. The number of halogens is 1. The topological polar surface area (TPSA) is 65.9 Å². The molecule has 0 heterocycles. The fraction of sp³-hybridized carbons (Fsp3) is 0.211. The molecule has 6 heteroatoms. The molecule has 2 aromatic rings. The van der Waals surface area contributed by atoms with Gasteiger partial charge in [0.25, 0.3) is 0 Å². The molecule has 2 rings (SSSR count). The van der Waals surface area contributed by atoms with Gasteiger partial charge in [0.1, 0.15) is 12.4 Å². The highest BCUT2D eigenvalue weighted by Gasteiger charge is 2.05. The summed E-state index contributed by atoms with van der Waals surface area (Å²) < 4.78 is 19.0. The third-order valence-corrected chi connectivity index (χ3v) is 3.47. The number of phenolic OH excluding ortho intramolecular Hbond substituents is 1. The van der Waals surface area contributed by atoms with E-state index >= 15 is 0 Å². The number of rotatable bonds is 7. The molecule has 0 unspecified atom stereocenters. The van der Waals surface area contributed by atoms with E-state index in [-0.39, 0.29) is 5.75 Å². The molecule has 0 saturated heterocycles. The average molecular weight is 343 g/mol. The van der Waals surface area contributed by atoms with Crippen LogP contribution in [-0.4, -0.2) is 24.7 Å². The van der Waals surface area contributed by atoms with Gasteiger partial charge in [-0.3, -0.25) is 4.99 Å². The molecule has 0 atom stereocenters. The monoisotopic (exact) mass is 343 g/mol. The van der Waals surface area contributed by atoms with Crippen LogP contribution < -0.4 is 15.4 Å². The van der Waals surface area contributed by atoms with E-state index in [0.29, 0.717) is 31.2 Å². The summed E-state index contributed by atoms with van der Waals surface area (Å²) in [5.41, 5.74) is 1.69. The molecule has 0 radical (unpaired) electrons. The van der Waals surface area contributed by atoms with Crippen molar-refractivity contribution in [3.63, 3.8) is 0 Å². The van der Waals surface area contributed by atoms with Crippen molar-refractivity contribution in [2.45, 2.75) is 13.1 Å². The quantitative estimate of drug-likeness (QED) is 0.411. The van der Waals surface area contributed by atoms with Gasteiger partial charge in [-0.2, -0.15) is 0 Å². The normalized spacial score (nSPS) is 11.0. The van der Waals surface area contributed by atoms with Crippen molar-refractivity contribution < 1.29 is 14.2 Å². The molecular weight excluding hydrogens is 321 g/mol. The van der Waals surface area contributed by atoms with Gasteiger partial charge >= 0.3 is 0 Å². The number of ether oxygens (including phenoxy) is 1. The Morgan fingerprint density at radius 2 is 2.00 bits per heavy atom. The number of benzene rings is 2. The third-order valence-electron chi connectivity index (χ3n) is 3.47. The molecule has 0 aliphatic rings. The summed E-state index contributed by atoms with van der Waals surface area (Å²) in [5.74, 6) is 0.357. The molecule has 0 saturated carbocycles. The number of hydrogen-bond donors (Lipinski definition) is 3. The van der Waals surface area contributed by atoms with E-state index in [1.54, 1.807) is 19.2 Å². The zero-order valence-corrected chi connectivity index (χ0v) is 14.1. The van der Waals surface area contributed by atoms with Crippen LogP contribution in [-0.2, 0) is 13.1 Å². The van der Waals surface area contributed by atoms with E-state index in [0.717, 1.165) is 11.3 Å². The molecule has 0 aliphatic carbocycles. The number of aromatic hydroxyl groups is 1. The highest BCUT2D eigenvalue weighted by atomic mass is 19.1. The lowest BCUT2D eigenvalue weighted by atomic mass is 10.2. The van der Waals surface area contributed by atoms with Crippen molar-refractivity contribution in [2.75, 3.05) is 13.7 Å². The molecule has 132 valence electrons. The van der Waals surface area contributed by atoms with E-state index in [4.69, 9.17) is 4.74 Å². The van der Waals surface area contributed by atoms with Gasteiger partial charge in [-0.05, 0) is 23.8 Å². The van der Waals surface area contributed by atoms with Crippen molar-refractivity contribution >= 4 is 5.96 Å². The van der Waals surface area contributed by atoms with Gasteiger partial charge < -0.3 is 20.5 Å². The Morgan fingerprint density at radius 1 is 1.24 bits per heavy atom. The number of hydrogen-bond acceptors (Lipinski definition) is 3. The molecule has 0 aliphatic heterocycles. The molecule has 25 heavy (non-hydrogen) atoms. The van der Waals surface area contributed by atoms with E-state index in [1.165, 1.54) is 12.1 Å². The number of para-hydroxylation sites is 1. The number of guanidine groups is 1. The number of phenols is 1. The highest BCUT2D eigenvalue weighted by molar-refractivity contribution is 5.79. The van der Waals surface area contributed by atoms with Crippen molar-refractivity contribution in [1.29, 1.82) is 0 Å². The molecular formula is C19H22FN3O2. The van der Waals surface area contributed by atoms with E-state index in [9.17, 15) is 9.50 Å². The number of nitrogens with one attached hydrogen (secondary N) is 2. The van der Waals surface area contributed by atoms with Gasteiger partial charge in [0.2, 0.25) is 0 Å². The summed E-state index contributed by atoms with van der Waals surface area (Å²) in [6.07, 6.45) is 1.70. The largest absolute Gasteiger partial charge is 0.505 e. The second kappa shape index (κ2) is 9.32. The summed E-state index contributed by atoms with van der Waals surface area (Å²) in [6, 6.07) is 12.0. The minimum absolute atomic E-state index is 0.359. The van der Waals surface area contributed by atoms with Gasteiger partial charge in [0.15, 0.2) is 17.5 Å². The molecule has 0 fully saturated rings. The average Bonchev–Trinajstić information content (AvgIpc) is 2.63. The fourth-order valence-corrected chi connectivity index (χ4v) is 2.19. The van der Waals surface area contributed by atoms with Crippen LogP contribution in [0.3, 0.4) is 0 Å². The summed E-state index contributed by atoms with van der Waals surface area (Å²) in [5, 5.41) is 15.5. The molecule has 0 amide bonds. The Hall–Kier alpha value is -3.02. The first-order chi connectivity index (χ1) is 12.1. The van der Waals surface area contributed by atoms with Crippen LogP contribution >= 0.6 is 0 Å². The standard InChI is InChI=1S/C19H22FN3O2/c1-3-10-25-18-7-5-4-6-15(18)13-23-19(21-2)22-12-14-8-9-17(24)16(20)11-14/h3-9,11,24H,1,10,12-13H2,2H3,(H2,21,22,23). The van der Waals surface area contributed by atoms with E-state index in [2.05, 4.69) is 22.2 Å².